The number of pyridine rings is 3. The Morgan fingerprint density at radius 2 is 0.625 bits per heavy atom. The topological polar surface area (TPSA) is 38.7 Å². The Hall–Kier alpha value is -7.49. The highest BCUT2D eigenvalue weighted by atomic mass is 14.7. The van der Waals surface area contributed by atoms with Gasteiger partial charge in [-0.25, -0.2) is 4.98 Å². The van der Waals surface area contributed by atoms with E-state index in [9.17, 15) is 0 Å². The number of nitrogens with zero attached hydrogens (tertiary/aromatic N) is 3. The summed E-state index contributed by atoms with van der Waals surface area (Å²) in [6, 6.07) is 70.7. The maximum Gasteiger partial charge on any atom is 0.0780 e. The van der Waals surface area contributed by atoms with Gasteiger partial charge in [-0.1, -0.05) is 146 Å². The Bertz CT molecular complexity index is 2820. The molecule has 0 radical (unpaired) electrons. The Labute approximate surface area is 326 Å². The highest BCUT2D eigenvalue weighted by molar-refractivity contribution is 5.99. The molecule has 0 aliphatic rings. The lowest BCUT2D eigenvalue weighted by atomic mass is 9.92. The molecule has 0 spiro atoms. The first-order valence-corrected chi connectivity index (χ1v) is 18.9. The van der Waals surface area contributed by atoms with E-state index in [1.165, 1.54) is 11.1 Å². The molecule has 0 N–H and O–H groups in total. The summed E-state index contributed by atoms with van der Waals surface area (Å²) in [5, 5.41) is 4.52. The molecule has 0 saturated carbocycles. The van der Waals surface area contributed by atoms with Crippen LogP contribution in [0, 0.1) is 0 Å². The zero-order valence-corrected chi connectivity index (χ0v) is 30.5. The van der Waals surface area contributed by atoms with Gasteiger partial charge in [0.15, 0.2) is 0 Å². The van der Waals surface area contributed by atoms with E-state index in [2.05, 4.69) is 200 Å². The summed E-state index contributed by atoms with van der Waals surface area (Å²) >= 11 is 0. The molecular formula is C53H35N3. The summed E-state index contributed by atoms with van der Waals surface area (Å²) in [5.74, 6) is 0. The SMILES string of the molecule is c1ccc(-c2cccc(-c3cc(-c4cc(-c5nccc6ccccc56)cc(-c5nccc6ccccc56)c4)cc(-c4cccc(-c5ccccc5)c4)n3)c2)cc1. The van der Waals surface area contributed by atoms with Gasteiger partial charge in [0.2, 0.25) is 0 Å². The van der Waals surface area contributed by atoms with Crippen molar-refractivity contribution in [2.45, 2.75) is 0 Å². The largest absolute Gasteiger partial charge is 0.256 e. The van der Waals surface area contributed by atoms with E-state index in [0.29, 0.717) is 0 Å². The molecule has 0 bridgehead atoms. The fourth-order valence-electron chi connectivity index (χ4n) is 7.74. The quantitative estimate of drug-likeness (QED) is 0.165. The lowest BCUT2D eigenvalue weighted by molar-refractivity contribution is 1.32. The molecule has 56 heavy (non-hydrogen) atoms. The monoisotopic (exact) mass is 713 g/mol. The summed E-state index contributed by atoms with van der Waals surface area (Å²) in [4.78, 5) is 15.4. The third-order valence-corrected chi connectivity index (χ3v) is 10.5. The van der Waals surface area contributed by atoms with Crippen LogP contribution in [-0.4, -0.2) is 15.0 Å². The number of benzene rings is 7. The number of aromatic nitrogens is 3. The highest BCUT2D eigenvalue weighted by Crippen LogP contribution is 2.39. The van der Waals surface area contributed by atoms with Crippen LogP contribution in [0.2, 0.25) is 0 Å². The van der Waals surface area contributed by atoms with E-state index in [-0.39, 0.29) is 0 Å². The molecule has 0 unspecified atom stereocenters. The summed E-state index contributed by atoms with van der Waals surface area (Å²) in [6.07, 6.45) is 3.81. The molecule has 0 saturated heterocycles. The minimum atomic E-state index is 0.902. The van der Waals surface area contributed by atoms with Crippen molar-refractivity contribution in [3.05, 3.63) is 213 Å². The molecule has 10 aromatic rings. The molecule has 3 heteroatoms. The predicted molar refractivity (Wildman–Crippen MR) is 233 cm³/mol. The zero-order valence-electron chi connectivity index (χ0n) is 30.5. The van der Waals surface area contributed by atoms with Gasteiger partial charge >= 0.3 is 0 Å². The first-order valence-electron chi connectivity index (χ1n) is 18.9. The molecule has 0 amide bonds. The number of fused-ring (bicyclic) bond motifs is 2. The van der Waals surface area contributed by atoms with Gasteiger partial charge in [-0.2, -0.15) is 0 Å². The average molecular weight is 714 g/mol. The van der Waals surface area contributed by atoms with Crippen LogP contribution < -0.4 is 0 Å². The van der Waals surface area contributed by atoms with Gasteiger partial charge in [-0.05, 0) is 98.8 Å². The van der Waals surface area contributed by atoms with Crippen LogP contribution in [0.15, 0.2) is 213 Å². The van der Waals surface area contributed by atoms with Gasteiger partial charge in [0.1, 0.15) is 0 Å². The van der Waals surface area contributed by atoms with Gasteiger partial charge in [0.25, 0.3) is 0 Å². The van der Waals surface area contributed by atoms with Crippen molar-refractivity contribution in [3.8, 4) is 78.4 Å². The van der Waals surface area contributed by atoms with Gasteiger partial charge in [0.05, 0.1) is 22.8 Å². The Morgan fingerprint density at radius 3 is 1.12 bits per heavy atom. The molecule has 262 valence electrons. The molecule has 3 heterocycles. The first-order chi connectivity index (χ1) is 27.7. The fourth-order valence-corrected chi connectivity index (χ4v) is 7.74. The third-order valence-electron chi connectivity index (χ3n) is 10.5. The van der Waals surface area contributed by atoms with E-state index >= 15 is 0 Å². The van der Waals surface area contributed by atoms with Crippen LogP contribution in [0.3, 0.4) is 0 Å². The van der Waals surface area contributed by atoms with Crippen LogP contribution in [0.5, 0.6) is 0 Å². The minimum Gasteiger partial charge on any atom is -0.256 e. The van der Waals surface area contributed by atoms with E-state index < -0.39 is 0 Å². The van der Waals surface area contributed by atoms with Gasteiger partial charge in [-0.15, -0.1) is 0 Å². The van der Waals surface area contributed by atoms with Crippen molar-refractivity contribution in [1.29, 1.82) is 0 Å². The van der Waals surface area contributed by atoms with Crippen molar-refractivity contribution in [2.75, 3.05) is 0 Å². The molecule has 10 rings (SSSR count). The molecule has 0 atom stereocenters. The smallest absolute Gasteiger partial charge is 0.0780 e. The second-order valence-corrected chi connectivity index (χ2v) is 14.1. The van der Waals surface area contributed by atoms with Crippen molar-refractivity contribution in [3.63, 3.8) is 0 Å². The van der Waals surface area contributed by atoms with E-state index in [1.54, 1.807) is 0 Å². The molecule has 0 aliphatic carbocycles. The van der Waals surface area contributed by atoms with Crippen LogP contribution in [-0.2, 0) is 0 Å². The standard InChI is InChI=1S/C53H35N3/c1-3-13-36(14-4-1)40-19-11-21-42(29-40)50-34-45(35-51(56-50)43-22-12-20-41(30-43)37-15-5-2-6-16-37)44-31-46(52-48-23-9-7-17-38(48)25-27-54-52)33-47(32-44)53-49-24-10-8-18-39(49)26-28-55-53/h1-35H. The zero-order chi connectivity index (χ0) is 37.3. The van der Waals surface area contributed by atoms with Crippen LogP contribution in [0.25, 0.3) is 100.0 Å². The van der Waals surface area contributed by atoms with Crippen LogP contribution in [0.4, 0.5) is 0 Å². The van der Waals surface area contributed by atoms with Crippen molar-refractivity contribution in [1.82, 2.24) is 15.0 Å². The summed E-state index contributed by atoms with van der Waals surface area (Å²) in [6.45, 7) is 0. The van der Waals surface area contributed by atoms with E-state index in [4.69, 9.17) is 15.0 Å². The molecule has 0 aliphatic heterocycles. The minimum absolute atomic E-state index is 0.902. The fraction of sp³-hybridized carbons (Fsp3) is 0. The second kappa shape index (κ2) is 14.4. The van der Waals surface area contributed by atoms with E-state index in [1.807, 2.05) is 12.4 Å². The molecule has 7 aromatic carbocycles. The predicted octanol–water partition coefficient (Wildman–Crippen LogP) is 13.8. The first kappa shape index (κ1) is 33.1. The highest BCUT2D eigenvalue weighted by Gasteiger charge is 2.16. The number of rotatable bonds is 7. The van der Waals surface area contributed by atoms with Crippen molar-refractivity contribution in [2.24, 2.45) is 0 Å². The summed E-state index contributed by atoms with van der Waals surface area (Å²) < 4.78 is 0. The maximum absolute atomic E-state index is 5.39. The third kappa shape index (κ3) is 6.42. The Morgan fingerprint density at radius 1 is 0.250 bits per heavy atom. The van der Waals surface area contributed by atoms with Crippen LogP contribution in [0.1, 0.15) is 0 Å². The molecular weight excluding hydrogens is 679 g/mol. The molecule has 0 fully saturated rings. The summed E-state index contributed by atoms with van der Waals surface area (Å²) in [5.41, 5.74) is 14.6. The van der Waals surface area contributed by atoms with Crippen molar-refractivity contribution < 1.29 is 0 Å². The second-order valence-electron chi connectivity index (χ2n) is 14.1. The maximum atomic E-state index is 5.39. The van der Waals surface area contributed by atoms with Gasteiger partial charge in [-0.3, -0.25) is 9.97 Å². The van der Waals surface area contributed by atoms with Gasteiger partial charge < -0.3 is 0 Å². The van der Waals surface area contributed by atoms with E-state index in [0.717, 1.165) is 88.8 Å². The average Bonchev–Trinajstić information content (AvgIpc) is 3.29. The normalized spacial score (nSPS) is 11.2. The van der Waals surface area contributed by atoms with Crippen molar-refractivity contribution >= 4 is 21.5 Å². The summed E-state index contributed by atoms with van der Waals surface area (Å²) in [7, 11) is 0. The molecule has 3 aromatic heterocycles. The van der Waals surface area contributed by atoms with Gasteiger partial charge in [0, 0.05) is 45.4 Å². The number of hydrogen-bond donors (Lipinski definition) is 0. The Balaban J connectivity index is 1.22. The molecule has 3 nitrogen and oxygen atoms in total. The van der Waals surface area contributed by atoms with Crippen LogP contribution >= 0.6 is 0 Å². The Kier molecular flexibility index (Phi) is 8.51. The number of hydrogen-bond acceptors (Lipinski definition) is 3. The lowest BCUT2D eigenvalue weighted by Crippen LogP contribution is -1.94. The lowest BCUT2D eigenvalue weighted by Gasteiger charge is -2.15.